The number of methoxy groups -OCH3 is 2. The molecular formula is C24H26N4O3S. The summed E-state index contributed by atoms with van der Waals surface area (Å²) in [5.41, 5.74) is 2.65. The molecule has 4 aromatic rings. The molecule has 0 aliphatic heterocycles. The third-order valence-electron chi connectivity index (χ3n) is 5.91. The van der Waals surface area contributed by atoms with Crippen LogP contribution in [0.4, 0.5) is 0 Å². The molecule has 1 fully saturated rings. The van der Waals surface area contributed by atoms with Crippen molar-refractivity contribution in [2.45, 2.75) is 49.1 Å². The third kappa shape index (κ3) is 4.07. The summed E-state index contributed by atoms with van der Waals surface area (Å²) in [4.78, 5) is 4.60. The molecule has 32 heavy (non-hydrogen) atoms. The number of fused-ring (bicyclic) bond motifs is 1. The van der Waals surface area contributed by atoms with E-state index < -0.39 is 0 Å². The van der Waals surface area contributed by atoms with Crippen molar-refractivity contribution in [1.82, 2.24) is 19.7 Å². The van der Waals surface area contributed by atoms with Gasteiger partial charge in [-0.15, -0.1) is 10.2 Å². The molecule has 0 N–H and O–H groups in total. The molecule has 0 saturated heterocycles. The SMILES string of the molecule is COc1ccc(-c2nnc(SCc3nc4ccccc4o3)n2C2CCCCC2)cc1OC. The molecule has 2 aromatic carbocycles. The molecule has 1 aliphatic carbocycles. The van der Waals surface area contributed by atoms with Crippen molar-refractivity contribution in [3.8, 4) is 22.9 Å². The van der Waals surface area contributed by atoms with Gasteiger partial charge in [-0.3, -0.25) is 4.57 Å². The minimum absolute atomic E-state index is 0.382. The summed E-state index contributed by atoms with van der Waals surface area (Å²) in [6.45, 7) is 0. The predicted octanol–water partition coefficient (Wildman–Crippen LogP) is 5.90. The number of nitrogens with zero attached hydrogens (tertiary/aromatic N) is 4. The van der Waals surface area contributed by atoms with Crippen LogP contribution in [-0.2, 0) is 5.75 Å². The van der Waals surface area contributed by atoms with E-state index in [-0.39, 0.29) is 0 Å². The summed E-state index contributed by atoms with van der Waals surface area (Å²) in [6, 6.07) is 14.1. The van der Waals surface area contributed by atoms with E-state index in [9.17, 15) is 0 Å². The lowest BCUT2D eigenvalue weighted by molar-refractivity contribution is 0.338. The van der Waals surface area contributed by atoms with Crippen LogP contribution >= 0.6 is 11.8 Å². The summed E-state index contributed by atoms with van der Waals surface area (Å²) < 4.78 is 19.1. The molecule has 2 aromatic heterocycles. The zero-order valence-electron chi connectivity index (χ0n) is 18.3. The molecule has 7 nitrogen and oxygen atoms in total. The van der Waals surface area contributed by atoms with Crippen LogP contribution in [0, 0.1) is 0 Å². The molecule has 0 spiro atoms. The summed E-state index contributed by atoms with van der Waals surface area (Å²) in [5.74, 6) is 3.54. The fourth-order valence-electron chi connectivity index (χ4n) is 4.32. The molecule has 8 heteroatoms. The second kappa shape index (κ2) is 9.24. The molecule has 0 amide bonds. The van der Waals surface area contributed by atoms with Crippen LogP contribution in [0.3, 0.4) is 0 Å². The van der Waals surface area contributed by atoms with Crippen molar-refractivity contribution in [3.63, 3.8) is 0 Å². The van der Waals surface area contributed by atoms with Gasteiger partial charge in [-0.1, -0.05) is 43.2 Å². The normalized spacial score (nSPS) is 14.7. The number of aromatic nitrogens is 4. The standard InChI is InChI=1S/C24H26N4O3S/c1-29-20-13-12-16(14-21(20)30-2)23-26-27-24(28(23)17-8-4-3-5-9-17)32-15-22-25-18-10-6-7-11-19(18)31-22/h6-7,10-14,17H,3-5,8-9,15H2,1-2H3. The van der Waals surface area contributed by atoms with Crippen LogP contribution in [0.25, 0.3) is 22.5 Å². The number of ether oxygens (including phenoxy) is 2. The van der Waals surface area contributed by atoms with Gasteiger partial charge in [-0.05, 0) is 43.2 Å². The molecular weight excluding hydrogens is 424 g/mol. The molecule has 1 aliphatic rings. The van der Waals surface area contributed by atoms with Crippen molar-refractivity contribution in [3.05, 3.63) is 48.4 Å². The fourth-order valence-corrected chi connectivity index (χ4v) is 5.17. The van der Waals surface area contributed by atoms with E-state index in [2.05, 4.69) is 19.7 Å². The van der Waals surface area contributed by atoms with E-state index in [1.54, 1.807) is 26.0 Å². The van der Waals surface area contributed by atoms with Gasteiger partial charge in [-0.2, -0.15) is 0 Å². The van der Waals surface area contributed by atoms with Crippen LogP contribution in [0.1, 0.15) is 44.0 Å². The van der Waals surface area contributed by atoms with Crippen LogP contribution in [0.15, 0.2) is 52.0 Å². The summed E-state index contributed by atoms with van der Waals surface area (Å²) in [6.07, 6.45) is 6.01. The number of hydrogen-bond acceptors (Lipinski definition) is 7. The van der Waals surface area contributed by atoms with Crippen molar-refractivity contribution in [2.75, 3.05) is 14.2 Å². The molecule has 5 rings (SSSR count). The Morgan fingerprint density at radius 1 is 1.00 bits per heavy atom. The predicted molar refractivity (Wildman–Crippen MR) is 124 cm³/mol. The first-order valence-electron chi connectivity index (χ1n) is 10.9. The first-order valence-corrected chi connectivity index (χ1v) is 11.9. The molecule has 0 unspecified atom stereocenters. The number of benzene rings is 2. The highest BCUT2D eigenvalue weighted by Crippen LogP contribution is 2.38. The van der Waals surface area contributed by atoms with Gasteiger partial charge in [-0.25, -0.2) is 4.98 Å². The van der Waals surface area contributed by atoms with Crippen molar-refractivity contribution in [2.24, 2.45) is 0 Å². The van der Waals surface area contributed by atoms with Gasteiger partial charge < -0.3 is 13.9 Å². The van der Waals surface area contributed by atoms with Crippen LogP contribution in [0.2, 0.25) is 0 Å². The quantitative estimate of drug-likeness (QED) is 0.324. The van der Waals surface area contributed by atoms with Crippen molar-refractivity contribution in [1.29, 1.82) is 0 Å². The highest BCUT2D eigenvalue weighted by Gasteiger charge is 2.25. The Bertz CT molecular complexity index is 1180. The maximum absolute atomic E-state index is 5.90. The second-order valence-corrected chi connectivity index (χ2v) is 8.84. The van der Waals surface area contributed by atoms with Crippen molar-refractivity contribution < 1.29 is 13.9 Å². The lowest BCUT2D eigenvalue weighted by atomic mass is 9.95. The molecule has 166 valence electrons. The first-order chi connectivity index (χ1) is 15.8. The average molecular weight is 451 g/mol. The lowest BCUT2D eigenvalue weighted by Crippen LogP contribution is -2.15. The van der Waals surface area contributed by atoms with E-state index in [4.69, 9.17) is 13.9 Å². The Morgan fingerprint density at radius 3 is 2.59 bits per heavy atom. The van der Waals surface area contributed by atoms with Gasteiger partial charge >= 0.3 is 0 Å². The van der Waals surface area contributed by atoms with Gasteiger partial charge in [0.25, 0.3) is 0 Å². The maximum Gasteiger partial charge on any atom is 0.205 e. The van der Waals surface area contributed by atoms with E-state index in [1.165, 1.54) is 19.3 Å². The number of hydrogen-bond donors (Lipinski definition) is 0. The van der Waals surface area contributed by atoms with Crippen LogP contribution in [-0.4, -0.2) is 34.0 Å². The van der Waals surface area contributed by atoms with Gasteiger partial charge in [0.05, 0.1) is 20.0 Å². The van der Waals surface area contributed by atoms with Gasteiger partial charge in [0.2, 0.25) is 5.89 Å². The Balaban J connectivity index is 1.48. The van der Waals surface area contributed by atoms with E-state index in [0.29, 0.717) is 29.2 Å². The number of thioether (sulfide) groups is 1. The largest absolute Gasteiger partial charge is 0.493 e. The Hall–Kier alpha value is -3.00. The number of oxazole rings is 1. The van der Waals surface area contributed by atoms with E-state index in [1.807, 2.05) is 42.5 Å². The van der Waals surface area contributed by atoms with Gasteiger partial charge in [0.1, 0.15) is 5.52 Å². The monoisotopic (exact) mass is 450 g/mol. The molecule has 0 atom stereocenters. The van der Waals surface area contributed by atoms with E-state index in [0.717, 1.165) is 40.5 Å². The van der Waals surface area contributed by atoms with Gasteiger partial charge in [0.15, 0.2) is 28.1 Å². The average Bonchev–Trinajstić information content (AvgIpc) is 3.46. The first kappa shape index (κ1) is 20.9. The topological polar surface area (TPSA) is 75.2 Å². The third-order valence-corrected chi connectivity index (χ3v) is 6.84. The van der Waals surface area contributed by atoms with Gasteiger partial charge in [0, 0.05) is 11.6 Å². The number of para-hydroxylation sites is 2. The lowest BCUT2D eigenvalue weighted by Gasteiger charge is -2.25. The summed E-state index contributed by atoms with van der Waals surface area (Å²) in [7, 11) is 3.29. The summed E-state index contributed by atoms with van der Waals surface area (Å²) in [5, 5.41) is 10.1. The summed E-state index contributed by atoms with van der Waals surface area (Å²) >= 11 is 1.62. The Kier molecular flexibility index (Phi) is 6.03. The van der Waals surface area contributed by atoms with E-state index >= 15 is 0 Å². The Labute approximate surface area is 191 Å². The fraction of sp³-hybridized carbons (Fsp3) is 0.375. The zero-order valence-corrected chi connectivity index (χ0v) is 19.1. The molecule has 0 radical (unpaired) electrons. The number of rotatable bonds is 7. The van der Waals surface area contributed by atoms with Crippen LogP contribution < -0.4 is 9.47 Å². The molecule has 1 saturated carbocycles. The molecule has 0 bridgehead atoms. The maximum atomic E-state index is 5.90. The smallest absolute Gasteiger partial charge is 0.205 e. The highest BCUT2D eigenvalue weighted by atomic mass is 32.2. The minimum Gasteiger partial charge on any atom is -0.493 e. The molecule has 2 heterocycles. The second-order valence-electron chi connectivity index (χ2n) is 7.90. The minimum atomic E-state index is 0.382. The zero-order chi connectivity index (χ0) is 21.9. The van der Waals surface area contributed by atoms with Crippen LogP contribution in [0.5, 0.6) is 11.5 Å². The van der Waals surface area contributed by atoms with Crippen molar-refractivity contribution >= 4 is 22.9 Å². The highest BCUT2D eigenvalue weighted by molar-refractivity contribution is 7.98. The Morgan fingerprint density at radius 2 is 1.81 bits per heavy atom.